The van der Waals surface area contributed by atoms with Crippen molar-refractivity contribution in [1.82, 2.24) is 0 Å². The zero-order chi connectivity index (χ0) is 11.1. The first-order chi connectivity index (χ1) is 7.75. The first-order valence-corrected chi connectivity index (χ1v) is 4.85. The lowest BCUT2D eigenvalue weighted by molar-refractivity contribution is 0.509. The second kappa shape index (κ2) is 3.27. The van der Waals surface area contributed by atoms with E-state index in [9.17, 15) is 8.78 Å². The smallest absolute Gasteiger partial charge is 0.167 e. The molecule has 0 heterocycles. The molecule has 16 heavy (non-hydrogen) atoms. The van der Waals surface area contributed by atoms with Crippen LogP contribution in [-0.2, 0) is 0 Å². The van der Waals surface area contributed by atoms with Gasteiger partial charge in [0.15, 0.2) is 11.6 Å². The third-order valence-corrected chi connectivity index (χ3v) is 2.63. The van der Waals surface area contributed by atoms with Crippen LogP contribution in [0, 0.1) is 23.8 Å². The molecule has 0 N–H and O–H groups in total. The lowest BCUT2D eigenvalue weighted by Gasteiger charge is -2.03. The summed E-state index contributed by atoms with van der Waals surface area (Å²) in [6.45, 7) is 0. The molecule has 3 rings (SSSR count). The van der Waals surface area contributed by atoms with Gasteiger partial charge in [-0.25, -0.2) is 8.78 Å². The first kappa shape index (κ1) is 9.28. The van der Waals surface area contributed by atoms with Gasteiger partial charge in [-0.3, -0.25) is 0 Å². The lowest BCUT2D eigenvalue weighted by atomic mass is 10.0. The van der Waals surface area contributed by atoms with E-state index in [0.29, 0.717) is 10.8 Å². The van der Waals surface area contributed by atoms with E-state index >= 15 is 0 Å². The summed E-state index contributed by atoms with van der Waals surface area (Å²) >= 11 is 0. The molecule has 0 atom stereocenters. The maximum Gasteiger partial charge on any atom is 0.167 e. The van der Waals surface area contributed by atoms with Crippen LogP contribution in [0.2, 0.25) is 0 Å². The minimum atomic E-state index is -0.936. The summed E-state index contributed by atoms with van der Waals surface area (Å²) in [5.41, 5.74) is 0. The molecule has 0 amide bonds. The molecule has 0 unspecified atom stereocenters. The Labute approximate surface area is 91.1 Å². The fourth-order valence-corrected chi connectivity index (χ4v) is 1.87. The lowest BCUT2D eigenvalue weighted by Crippen LogP contribution is -1.86. The third kappa shape index (κ3) is 1.27. The molecule has 0 saturated carbocycles. The van der Waals surface area contributed by atoms with E-state index in [1.807, 2.05) is 18.2 Å². The van der Waals surface area contributed by atoms with Gasteiger partial charge in [-0.2, -0.15) is 0 Å². The Balaban J connectivity index is 2.55. The highest BCUT2D eigenvalue weighted by Crippen LogP contribution is 2.26. The van der Waals surface area contributed by atoms with Gasteiger partial charge in [0, 0.05) is 6.07 Å². The molecule has 0 bridgehead atoms. The van der Waals surface area contributed by atoms with Crippen molar-refractivity contribution in [1.29, 1.82) is 0 Å². The molecule has 0 aromatic heterocycles. The number of halogens is 2. The highest BCUT2D eigenvalue weighted by atomic mass is 19.2. The molecule has 0 fully saturated rings. The number of benzene rings is 3. The van der Waals surface area contributed by atoms with Crippen molar-refractivity contribution in [3.8, 4) is 0 Å². The van der Waals surface area contributed by atoms with Crippen molar-refractivity contribution in [2.45, 2.75) is 0 Å². The van der Waals surface area contributed by atoms with E-state index in [0.717, 1.165) is 10.8 Å². The average molecular weight is 212 g/mol. The van der Waals surface area contributed by atoms with Crippen molar-refractivity contribution in [3.05, 3.63) is 60.2 Å². The van der Waals surface area contributed by atoms with Crippen LogP contribution in [0.4, 0.5) is 8.78 Å². The minimum Gasteiger partial charge on any atom is -0.204 e. The Bertz CT molecular complexity index is 687. The predicted octanol–water partition coefficient (Wildman–Crippen LogP) is 3.87. The highest BCUT2D eigenvalue weighted by Gasteiger charge is 2.06. The van der Waals surface area contributed by atoms with E-state index in [1.54, 1.807) is 12.1 Å². The van der Waals surface area contributed by atoms with Gasteiger partial charge in [-0.15, -0.1) is 0 Å². The van der Waals surface area contributed by atoms with Gasteiger partial charge in [0.25, 0.3) is 0 Å². The van der Waals surface area contributed by atoms with Crippen molar-refractivity contribution in [2.75, 3.05) is 0 Å². The van der Waals surface area contributed by atoms with E-state index in [4.69, 9.17) is 0 Å². The van der Waals surface area contributed by atoms with Crippen LogP contribution in [0.3, 0.4) is 0 Å². The molecular formula is C14H6F2. The predicted molar refractivity (Wildman–Crippen MR) is 59.0 cm³/mol. The Hall–Kier alpha value is -1.96. The molecular weight excluding hydrogens is 206 g/mol. The number of rotatable bonds is 0. The molecule has 0 spiro atoms. The van der Waals surface area contributed by atoms with Crippen molar-refractivity contribution in [2.24, 2.45) is 0 Å². The Morgan fingerprint density at radius 3 is 2.75 bits per heavy atom. The number of fused-ring (bicyclic) bond motifs is 3. The standard InChI is InChI=1S/C14H6F2/c15-13-7-10-6-5-9-3-1-2-4-11(9)12(10)8-14(13)16/h2-6,8H. The fourth-order valence-electron chi connectivity index (χ4n) is 1.87. The van der Waals surface area contributed by atoms with Gasteiger partial charge in [0.05, 0.1) is 0 Å². The molecule has 3 aromatic carbocycles. The fraction of sp³-hybridized carbons (Fsp3) is 0. The number of hydrogen-bond donors (Lipinski definition) is 0. The summed E-state index contributed by atoms with van der Waals surface area (Å²) in [7, 11) is 0. The molecule has 2 radical (unpaired) electrons. The van der Waals surface area contributed by atoms with E-state index in [1.165, 1.54) is 6.07 Å². The summed E-state index contributed by atoms with van der Waals surface area (Å²) < 4.78 is 26.2. The zero-order valence-electron chi connectivity index (χ0n) is 8.22. The van der Waals surface area contributed by atoms with Crippen LogP contribution >= 0.6 is 0 Å². The monoisotopic (exact) mass is 212 g/mol. The van der Waals surface area contributed by atoms with Gasteiger partial charge in [-0.05, 0) is 39.7 Å². The summed E-state index contributed by atoms with van der Waals surface area (Å²) in [6, 6.07) is 15.5. The van der Waals surface area contributed by atoms with Crippen LogP contribution in [-0.4, -0.2) is 0 Å². The van der Waals surface area contributed by atoms with Gasteiger partial charge >= 0.3 is 0 Å². The van der Waals surface area contributed by atoms with Gasteiger partial charge < -0.3 is 0 Å². The van der Waals surface area contributed by atoms with Crippen LogP contribution in [0.15, 0.2) is 36.4 Å². The van der Waals surface area contributed by atoms with Crippen LogP contribution in [0.5, 0.6) is 0 Å². The van der Waals surface area contributed by atoms with E-state index in [2.05, 4.69) is 12.1 Å². The summed E-state index contributed by atoms with van der Waals surface area (Å²) in [4.78, 5) is 0. The van der Waals surface area contributed by atoms with Crippen LogP contribution in [0.25, 0.3) is 21.5 Å². The second-order valence-corrected chi connectivity index (χ2v) is 3.61. The van der Waals surface area contributed by atoms with Gasteiger partial charge in [0.2, 0.25) is 0 Å². The van der Waals surface area contributed by atoms with Gasteiger partial charge in [0.1, 0.15) is 0 Å². The van der Waals surface area contributed by atoms with Crippen LogP contribution < -0.4 is 0 Å². The average Bonchev–Trinajstić information content (AvgIpc) is 2.31. The Morgan fingerprint density at radius 2 is 1.88 bits per heavy atom. The summed E-state index contributed by atoms with van der Waals surface area (Å²) in [5, 5.41) is 3.09. The molecule has 76 valence electrons. The quantitative estimate of drug-likeness (QED) is 0.496. The van der Waals surface area contributed by atoms with Crippen molar-refractivity contribution < 1.29 is 8.78 Å². The second-order valence-electron chi connectivity index (χ2n) is 3.61. The molecule has 0 aliphatic heterocycles. The molecule has 2 heteroatoms. The SMILES string of the molecule is Fc1[c]c2ccc3c[c]ccc3c2cc1F. The summed E-state index contributed by atoms with van der Waals surface area (Å²) in [5.74, 6) is -1.80. The Kier molecular flexibility index (Phi) is 1.90. The largest absolute Gasteiger partial charge is 0.204 e. The number of hydrogen-bond acceptors (Lipinski definition) is 0. The maximum absolute atomic E-state index is 13.2. The van der Waals surface area contributed by atoms with Gasteiger partial charge in [-0.1, -0.05) is 24.3 Å². The molecule has 0 saturated heterocycles. The highest BCUT2D eigenvalue weighted by molar-refractivity contribution is 6.07. The van der Waals surface area contributed by atoms with Crippen molar-refractivity contribution in [3.63, 3.8) is 0 Å². The Morgan fingerprint density at radius 1 is 1.00 bits per heavy atom. The summed E-state index contributed by atoms with van der Waals surface area (Å²) in [6.07, 6.45) is 0. The molecule has 3 aromatic rings. The van der Waals surface area contributed by atoms with E-state index in [-0.39, 0.29) is 0 Å². The van der Waals surface area contributed by atoms with E-state index < -0.39 is 11.6 Å². The zero-order valence-corrected chi connectivity index (χ0v) is 8.22. The molecule has 0 nitrogen and oxygen atoms in total. The van der Waals surface area contributed by atoms with Crippen molar-refractivity contribution >= 4 is 21.5 Å². The molecule has 0 aliphatic rings. The maximum atomic E-state index is 13.2. The topological polar surface area (TPSA) is 0 Å². The minimum absolute atomic E-state index is 0.581. The normalized spacial score (nSPS) is 11.1. The molecule has 0 aliphatic carbocycles. The van der Waals surface area contributed by atoms with Crippen LogP contribution in [0.1, 0.15) is 0 Å². The third-order valence-electron chi connectivity index (χ3n) is 2.63. The first-order valence-electron chi connectivity index (χ1n) is 4.85.